The lowest BCUT2D eigenvalue weighted by Gasteiger charge is -2.31. The number of carbonyl (C=O) groups excluding carboxylic acids is 15. The van der Waals surface area contributed by atoms with Gasteiger partial charge in [0, 0.05) is 84.9 Å². The minimum absolute atomic E-state index is 0.00327. The Morgan fingerprint density at radius 1 is 0.516 bits per heavy atom. The SMILES string of the molecule is [B]SNCCCC[C@@H](NC(=O)CNC(=O)C(CS)NC(=O)CNC(=O)CNC(=O)[C@@H](CCCCN)NC(=O)[C@@H](Cc1ccc(O)cc1)NC(=O)[C@@H](CCSC)NC(=O)[C@@H](CCSC)NC(=O)[C@@H](C)NC(=O)[C@@H](Cc1c[nH]c2ccccc12)NC(=O)[C@H]1CCCN1C(=O)[C@@H](Cc1c[nH]cn1)NC(=O)[C@@H](Cc1c[nH]c2ccccc12)NC(=O)[C@H](N)Cc1ccccc1)C(N)=O. The van der Waals surface area contributed by atoms with Crippen LogP contribution in [0.15, 0.2) is 128 Å². The first-order valence-electron chi connectivity index (χ1n) is 42.1. The first kappa shape index (κ1) is 102. The summed E-state index contributed by atoms with van der Waals surface area (Å²) in [6.07, 6.45) is 12.2. The third-order valence-electron chi connectivity index (χ3n) is 21.3. The second-order valence-electron chi connectivity index (χ2n) is 30.8. The number of aromatic nitrogens is 4. The number of carbonyl (C=O) groups is 15. The second kappa shape index (κ2) is 53.2. The molecule has 0 aliphatic carbocycles. The number of hydrogen-bond acceptors (Lipinski definition) is 24. The standard InChI is InChI=1S/C85H115BN22O16S4/c1-49(98-81(120)66(38-52-41-91-59-20-9-7-18-56(52)59)106-84(123)70-24-15-33-108(70)85(124)68(40-54-43-90-48-96-54)107-83(122)67(39-53-42-92-60-21-10-8-19-57(53)60)104-76(115)58(88)36-50-16-5-4-6-17-50)75(114)101-63(29-34-126-2)79(118)103-64(30-35-127-3)80(119)105-65(37-51-25-27-55(109)28-26-51)82(121)102-62(23-11-13-31-87)77(116)94-44-71(110)93-45-72(111)100-69(47-125)78(117)95-46-73(112)99-61(74(89)113)22-12-14-32-97-128-86/h4-10,16-21,25-28,41-43,48-49,58,61-70,91-92,97,109,125H,11-15,22-24,29-40,44-47,87-88H2,1-3H3,(H2,89,113)(H,90,96)(H,93,110)(H,94,116)(H,95,117)(H,98,120)(H,99,112)(H,100,111)(H,101,114)(H,102,121)(H,103,118)(H,104,115)(H,105,119)(H,106,123)(H,107,122)/t49-,58-,61-,62-,63-,64-,65-,66-,67-,68-,69?,70-/m1/s1. The van der Waals surface area contributed by atoms with Gasteiger partial charge in [0.2, 0.25) is 88.6 Å². The van der Waals surface area contributed by atoms with Gasteiger partial charge in [-0.3, -0.25) is 76.6 Å². The molecule has 1 unspecified atom stereocenters. The average Bonchev–Trinajstić information content (AvgIpc) is 1.64. The van der Waals surface area contributed by atoms with Gasteiger partial charge in [0.15, 0.2) is 7.12 Å². The number of phenols is 1. The predicted molar refractivity (Wildman–Crippen MR) is 492 cm³/mol. The molecule has 8 rings (SSSR count). The number of amides is 15. The van der Waals surface area contributed by atoms with Gasteiger partial charge >= 0.3 is 0 Å². The number of H-pyrrole nitrogens is 3. The number of thioether (sulfide) groups is 2. The number of nitrogens with two attached hydrogens (primary N) is 3. The molecule has 2 radical (unpaired) electrons. The largest absolute Gasteiger partial charge is 0.508 e. The molecule has 0 spiro atoms. The Morgan fingerprint density at radius 2 is 1.01 bits per heavy atom. The summed E-state index contributed by atoms with van der Waals surface area (Å²) in [5.41, 5.74) is 22.2. The van der Waals surface area contributed by atoms with E-state index in [0.717, 1.165) is 39.2 Å². The van der Waals surface area contributed by atoms with Crippen molar-refractivity contribution in [2.45, 2.75) is 176 Å². The van der Waals surface area contributed by atoms with Crippen LogP contribution in [0.5, 0.6) is 5.75 Å². The Hall–Kier alpha value is -11.6. The lowest BCUT2D eigenvalue weighted by Crippen LogP contribution is -2.60. The fourth-order valence-corrected chi connectivity index (χ4v) is 15.8. The number of rotatable bonds is 55. The molecule has 12 atom stereocenters. The Balaban J connectivity index is 0.918. The van der Waals surface area contributed by atoms with E-state index in [0.29, 0.717) is 72.5 Å². The zero-order valence-electron chi connectivity index (χ0n) is 71.5. The van der Waals surface area contributed by atoms with Crippen molar-refractivity contribution in [3.8, 4) is 5.75 Å². The van der Waals surface area contributed by atoms with Crippen LogP contribution in [-0.2, 0) is 104 Å². The van der Waals surface area contributed by atoms with E-state index >= 15 is 9.59 Å². The number of nitrogens with one attached hydrogen (secondary N) is 17. The fourth-order valence-electron chi connectivity index (χ4n) is 14.3. The Bertz CT molecular complexity index is 4880. The highest BCUT2D eigenvalue weighted by atomic mass is 32.2. The molecule has 43 heteroatoms. The zero-order valence-corrected chi connectivity index (χ0v) is 74.8. The number of thiol groups is 1. The molecule has 4 aromatic carbocycles. The second-order valence-corrected chi connectivity index (χ2v) is 33.7. The number of para-hydroxylation sites is 2. The molecule has 1 fully saturated rings. The maximum Gasteiger partial charge on any atom is 0.246 e. The Morgan fingerprint density at radius 3 is 1.59 bits per heavy atom. The van der Waals surface area contributed by atoms with Gasteiger partial charge in [0.1, 0.15) is 72.2 Å². The number of hydrogen-bond donors (Lipinski definition) is 22. The first-order valence-corrected chi connectivity index (χ1v) is 46.4. The molecule has 3 aromatic heterocycles. The number of benzene rings is 4. The molecule has 24 N–H and O–H groups in total. The summed E-state index contributed by atoms with van der Waals surface area (Å²) >= 11 is 7.77. The maximum absolute atomic E-state index is 15.3. The third kappa shape index (κ3) is 32.6. The third-order valence-corrected chi connectivity index (χ3v) is 23.3. The summed E-state index contributed by atoms with van der Waals surface area (Å²) in [4.78, 5) is 226. The number of phenolic OH excluding ortho intramolecular Hbond substituents is 1. The number of nitrogens with zero attached hydrogens (tertiary/aromatic N) is 2. The number of imidazole rings is 1. The summed E-state index contributed by atoms with van der Waals surface area (Å²) in [6, 6.07) is 14.1. The summed E-state index contributed by atoms with van der Waals surface area (Å²) in [7, 11) is 5.34. The van der Waals surface area contributed by atoms with Gasteiger partial charge < -0.3 is 111 Å². The monoisotopic (exact) mass is 1840 g/mol. The van der Waals surface area contributed by atoms with Crippen LogP contribution >= 0.6 is 48.0 Å². The topological polar surface area (TPSA) is 586 Å². The van der Waals surface area contributed by atoms with Gasteiger partial charge in [-0.05, 0) is 155 Å². The number of primary amides is 1. The van der Waals surface area contributed by atoms with E-state index < -0.39 is 181 Å². The van der Waals surface area contributed by atoms with E-state index in [2.05, 4.69) is 106 Å². The minimum Gasteiger partial charge on any atom is -0.508 e. The molecule has 0 saturated carbocycles. The van der Waals surface area contributed by atoms with Crippen LogP contribution in [-0.4, -0.2) is 267 Å². The molecule has 1 aliphatic rings. The van der Waals surface area contributed by atoms with Crippen molar-refractivity contribution in [3.63, 3.8) is 0 Å². The molecule has 688 valence electrons. The van der Waals surface area contributed by atoms with Crippen molar-refractivity contribution in [2.75, 3.05) is 69.0 Å². The first-order chi connectivity index (χ1) is 61.6. The van der Waals surface area contributed by atoms with Crippen LogP contribution in [0.1, 0.15) is 99.1 Å². The molecular weight excluding hydrogens is 1720 g/mol. The van der Waals surface area contributed by atoms with E-state index in [-0.39, 0.29) is 88.8 Å². The average molecular weight is 1840 g/mol. The molecule has 128 heavy (non-hydrogen) atoms. The van der Waals surface area contributed by atoms with E-state index in [1.165, 1.54) is 65.9 Å². The quantitative estimate of drug-likeness (QED) is 0.00909. The molecule has 1 aliphatic heterocycles. The highest BCUT2D eigenvalue weighted by Gasteiger charge is 2.42. The zero-order chi connectivity index (χ0) is 92.6. The Labute approximate surface area is 760 Å². The highest BCUT2D eigenvalue weighted by molar-refractivity contribution is 8.18. The molecule has 38 nitrogen and oxygen atoms in total. The van der Waals surface area contributed by atoms with Gasteiger partial charge in [0.05, 0.1) is 37.7 Å². The number of aromatic hydroxyl groups is 1. The van der Waals surface area contributed by atoms with Crippen molar-refractivity contribution < 1.29 is 77.0 Å². The summed E-state index contributed by atoms with van der Waals surface area (Å²) in [5.74, 6) is -11.5. The van der Waals surface area contributed by atoms with Crippen LogP contribution in [0.3, 0.4) is 0 Å². The molecule has 7 aromatic rings. The van der Waals surface area contributed by atoms with E-state index in [9.17, 15) is 67.4 Å². The number of aromatic amines is 3. The van der Waals surface area contributed by atoms with Crippen molar-refractivity contribution >= 4 is 165 Å². The predicted octanol–water partition coefficient (Wildman–Crippen LogP) is -1.33. The van der Waals surface area contributed by atoms with Crippen molar-refractivity contribution in [1.82, 2.24) is 98.7 Å². The molecule has 0 bridgehead atoms. The minimum atomic E-state index is -1.47. The maximum atomic E-state index is 15.3. The van der Waals surface area contributed by atoms with Crippen molar-refractivity contribution in [3.05, 3.63) is 156 Å². The highest BCUT2D eigenvalue weighted by Crippen LogP contribution is 2.25. The van der Waals surface area contributed by atoms with Gasteiger partial charge in [-0.15, -0.1) is 0 Å². The smallest absolute Gasteiger partial charge is 0.246 e. The van der Waals surface area contributed by atoms with Crippen LogP contribution in [0.2, 0.25) is 0 Å². The number of unbranched alkanes of at least 4 members (excludes halogenated alkanes) is 2. The van der Waals surface area contributed by atoms with Gasteiger partial charge in [-0.2, -0.15) is 48.0 Å². The van der Waals surface area contributed by atoms with Gasteiger partial charge in [-0.1, -0.05) is 78.9 Å². The Kier molecular flexibility index (Phi) is 42.3. The number of fused-ring (bicyclic) bond motifs is 2. The summed E-state index contributed by atoms with van der Waals surface area (Å²) in [5, 5.41) is 46.0. The van der Waals surface area contributed by atoms with Crippen LogP contribution in [0, 0.1) is 0 Å². The molecule has 4 heterocycles. The molecule has 15 amide bonds. The van der Waals surface area contributed by atoms with Crippen LogP contribution in [0.25, 0.3) is 21.8 Å². The summed E-state index contributed by atoms with van der Waals surface area (Å²) in [6.45, 7) is 0.249. The number of likely N-dealkylation sites (tertiary alicyclic amines) is 1. The lowest BCUT2D eigenvalue weighted by atomic mass is 10.0. The molecular formula is C85H115BN22O16S4. The van der Waals surface area contributed by atoms with Crippen molar-refractivity contribution in [1.29, 1.82) is 0 Å². The van der Waals surface area contributed by atoms with Crippen LogP contribution < -0.4 is 91.0 Å². The van der Waals surface area contributed by atoms with Gasteiger partial charge in [0.25, 0.3) is 0 Å². The fraction of sp³-hybridized carbons (Fsp3) is 0.459. The van der Waals surface area contributed by atoms with Gasteiger partial charge in [-0.25, -0.2) is 4.98 Å². The normalized spacial score (nSPS) is 15.0. The lowest BCUT2D eigenvalue weighted by molar-refractivity contribution is -0.142. The van der Waals surface area contributed by atoms with E-state index in [1.54, 1.807) is 37.2 Å². The molecule has 1 saturated heterocycles. The van der Waals surface area contributed by atoms with Crippen LogP contribution in [0.4, 0.5) is 0 Å². The van der Waals surface area contributed by atoms with E-state index in [1.807, 2.05) is 72.8 Å². The summed E-state index contributed by atoms with van der Waals surface area (Å²) < 4.78 is 2.86. The van der Waals surface area contributed by atoms with Crippen molar-refractivity contribution in [2.24, 2.45) is 17.2 Å². The van der Waals surface area contributed by atoms with E-state index in [4.69, 9.17) is 24.3 Å².